The lowest BCUT2D eigenvalue weighted by Crippen LogP contribution is -2.40. The van der Waals surface area contributed by atoms with Crippen LogP contribution in [0.4, 0.5) is 5.13 Å². The van der Waals surface area contributed by atoms with E-state index in [2.05, 4.69) is 32.1 Å². The third-order valence-electron chi connectivity index (χ3n) is 5.11. The fourth-order valence-corrected chi connectivity index (χ4v) is 5.78. The van der Waals surface area contributed by atoms with Gasteiger partial charge < -0.3 is 4.90 Å². The van der Waals surface area contributed by atoms with Crippen molar-refractivity contribution in [1.29, 1.82) is 0 Å². The predicted molar refractivity (Wildman–Crippen MR) is 119 cm³/mol. The molecule has 30 heavy (non-hydrogen) atoms. The zero-order valence-corrected chi connectivity index (χ0v) is 19.2. The Morgan fingerprint density at radius 3 is 2.87 bits per heavy atom. The van der Waals surface area contributed by atoms with Crippen molar-refractivity contribution in [3.63, 3.8) is 0 Å². The molecule has 0 aliphatic carbocycles. The molecule has 1 aromatic carbocycles. The number of carbonyl (C=O) groups is 1. The van der Waals surface area contributed by atoms with Crippen LogP contribution in [0.5, 0.6) is 0 Å². The molecule has 164 valence electrons. The van der Waals surface area contributed by atoms with Crippen molar-refractivity contribution in [2.75, 3.05) is 25.0 Å². The molecule has 1 aliphatic heterocycles. The van der Waals surface area contributed by atoms with Crippen molar-refractivity contribution in [2.45, 2.75) is 49.4 Å². The van der Waals surface area contributed by atoms with Gasteiger partial charge in [0.15, 0.2) is 0 Å². The molecule has 0 bridgehead atoms. The van der Waals surface area contributed by atoms with E-state index in [4.69, 9.17) is 11.6 Å². The van der Waals surface area contributed by atoms with E-state index >= 15 is 0 Å². The standard InChI is InChI=1S/C19H26ClN5O3S2/c1-2-14-8-5-6-12-25(14)13-7-11-21-30(27,28)19-24-23-18(29-19)22-17(26)15-9-3-4-10-16(15)20/h3-4,9-10,14,21H,2,5-8,11-13H2,1H3,(H,22,23,26)/t14-/m0/s1. The van der Waals surface area contributed by atoms with Crippen LogP contribution in [0.15, 0.2) is 28.6 Å². The third-order valence-corrected chi connectivity index (χ3v) is 8.11. The Bertz CT molecular complexity index is 967. The van der Waals surface area contributed by atoms with Gasteiger partial charge in [-0.05, 0) is 50.9 Å². The van der Waals surface area contributed by atoms with Crippen LogP contribution >= 0.6 is 22.9 Å². The van der Waals surface area contributed by atoms with Crippen molar-refractivity contribution in [3.8, 4) is 0 Å². The summed E-state index contributed by atoms with van der Waals surface area (Å²) in [7, 11) is -3.77. The molecule has 11 heteroatoms. The predicted octanol–water partition coefficient (Wildman–Crippen LogP) is 3.38. The molecular formula is C19H26ClN5O3S2. The summed E-state index contributed by atoms with van der Waals surface area (Å²) in [4.78, 5) is 14.7. The molecule has 0 radical (unpaired) electrons. The molecule has 8 nitrogen and oxygen atoms in total. The number of aromatic nitrogens is 2. The lowest BCUT2D eigenvalue weighted by Gasteiger charge is -2.35. The molecular weight excluding hydrogens is 446 g/mol. The van der Waals surface area contributed by atoms with Crippen molar-refractivity contribution >= 4 is 44.0 Å². The molecule has 1 atom stereocenters. The van der Waals surface area contributed by atoms with Crippen molar-refractivity contribution in [1.82, 2.24) is 19.8 Å². The minimum Gasteiger partial charge on any atom is -0.300 e. The fraction of sp³-hybridized carbons (Fsp3) is 0.526. The zero-order valence-electron chi connectivity index (χ0n) is 16.8. The Balaban J connectivity index is 1.51. The second-order valence-corrected chi connectivity index (χ2v) is 10.5. The minimum atomic E-state index is -3.77. The number of benzene rings is 1. The monoisotopic (exact) mass is 471 g/mol. The average Bonchev–Trinajstić information content (AvgIpc) is 3.21. The number of nitrogens with one attached hydrogen (secondary N) is 2. The van der Waals surface area contributed by atoms with E-state index in [1.807, 2.05) is 0 Å². The molecule has 2 N–H and O–H groups in total. The third kappa shape index (κ3) is 5.98. The number of hydrogen-bond acceptors (Lipinski definition) is 7. The highest BCUT2D eigenvalue weighted by Crippen LogP contribution is 2.22. The Labute approximate surface area is 186 Å². The van der Waals surface area contributed by atoms with Crippen LogP contribution in [-0.2, 0) is 10.0 Å². The van der Waals surface area contributed by atoms with E-state index in [0.29, 0.717) is 17.6 Å². The van der Waals surface area contributed by atoms with Crippen molar-refractivity contribution in [2.24, 2.45) is 0 Å². The summed E-state index contributed by atoms with van der Waals surface area (Å²) in [6, 6.07) is 7.18. The molecule has 0 unspecified atom stereocenters. The summed E-state index contributed by atoms with van der Waals surface area (Å²) in [6.07, 6.45) is 5.54. The van der Waals surface area contributed by atoms with E-state index in [1.54, 1.807) is 24.3 Å². The Morgan fingerprint density at radius 2 is 2.10 bits per heavy atom. The van der Waals surface area contributed by atoms with Crippen LogP contribution in [0, 0.1) is 0 Å². The molecule has 1 fully saturated rings. The average molecular weight is 472 g/mol. The highest BCUT2D eigenvalue weighted by Gasteiger charge is 2.23. The summed E-state index contributed by atoms with van der Waals surface area (Å²) in [6.45, 7) is 4.48. The lowest BCUT2D eigenvalue weighted by atomic mass is 10.00. The molecule has 2 heterocycles. The van der Waals surface area contributed by atoms with E-state index in [0.717, 1.165) is 37.3 Å². The SMILES string of the molecule is CC[C@H]1CCCCN1CCCNS(=O)(=O)c1nnc(NC(=O)c2ccccc2Cl)s1. The van der Waals surface area contributed by atoms with Crippen LogP contribution in [-0.4, -0.2) is 55.1 Å². The number of piperidine rings is 1. The number of sulfonamides is 1. The highest BCUT2D eigenvalue weighted by atomic mass is 35.5. The number of anilines is 1. The Hall–Kier alpha value is -1.59. The summed E-state index contributed by atoms with van der Waals surface area (Å²) in [5.74, 6) is -0.472. The second kappa shape index (κ2) is 10.6. The lowest BCUT2D eigenvalue weighted by molar-refractivity contribution is 0.102. The second-order valence-electron chi connectivity index (χ2n) is 7.15. The van der Waals surface area contributed by atoms with Gasteiger partial charge in [-0.1, -0.05) is 48.4 Å². The van der Waals surface area contributed by atoms with Gasteiger partial charge in [0.2, 0.25) is 9.47 Å². The topological polar surface area (TPSA) is 104 Å². The first-order chi connectivity index (χ1) is 14.4. The van der Waals surface area contributed by atoms with Gasteiger partial charge >= 0.3 is 0 Å². The van der Waals surface area contributed by atoms with E-state index in [-0.39, 0.29) is 15.0 Å². The number of nitrogens with zero attached hydrogens (tertiary/aromatic N) is 3. The van der Waals surface area contributed by atoms with Gasteiger partial charge in [-0.25, -0.2) is 13.1 Å². The first kappa shape index (κ1) is 23.1. The molecule has 1 amide bonds. The van der Waals surface area contributed by atoms with Gasteiger partial charge in [-0.15, -0.1) is 10.2 Å². The maximum atomic E-state index is 12.5. The largest absolute Gasteiger partial charge is 0.300 e. The van der Waals surface area contributed by atoms with Crippen LogP contribution in [0.25, 0.3) is 0 Å². The summed E-state index contributed by atoms with van der Waals surface area (Å²) >= 11 is 6.81. The minimum absolute atomic E-state index is 0.0967. The van der Waals surface area contributed by atoms with Crippen molar-refractivity contribution in [3.05, 3.63) is 34.9 Å². The number of hydrogen-bond donors (Lipinski definition) is 2. The van der Waals surface area contributed by atoms with E-state index < -0.39 is 15.9 Å². The van der Waals surface area contributed by atoms with Gasteiger partial charge in [-0.2, -0.15) is 0 Å². The van der Waals surface area contributed by atoms with E-state index in [1.165, 1.54) is 19.3 Å². The molecule has 3 rings (SSSR count). The Morgan fingerprint density at radius 1 is 1.30 bits per heavy atom. The van der Waals surface area contributed by atoms with Gasteiger partial charge in [-0.3, -0.25) is 10.1 Å². The highest BCUT2D eigenvalue weighted by molar-refractivity contribution is 7.91. The van der Waals surface area contributed by atoms with Gasteiger partial charge in [0.25, 0.3) is 15.9 Å². The van der Waals surface area contributed by atoms with Crippen molar-refractivity contribution < 1.29 is 13.2 Å². The summed E-state index contributed by atoms with van der Waals surface area (Å²) < 4.78 is 27.3. The molecule has 0 spiro atoms. The van der Waals surface area contributed by atoms with Gasteiger partial charge in [0, 0.05) is 12.6 Å². The summed E-state index contributed by atoms with van der Waals surface area (Å²) in [5.41, 5.74) is 0.278. The number of rotatable bonds is 9. The molecule has 1 aromatic heterocycles. The normalized spacial score (nSPS) is 17.7. The molecule has 1 saturated heterocycles. The van der Waals surface area contributed by atoms with Crippen LogP contribution < -0.4 is 10.0 Å². The van der Waals surface area contributed by atoms with Gasteiger partial charge in [0.1, 0.15) is 0 Å². The zero-order chi connectivity index (χ0) is 21.6. The maximum absolute atomic E-state index is 12.5. The fourth-order valence-electron chi connectivity index (χ4n) is 3.55. The summed E-state index contributed by atoms with van der Waals surface area (Å²) in [5, 5.41) is 10.4. The number of amides is 1. The number of halogens is 1. The Kier molecular flexibility index (Phi) is 8.18. The first-order valence-corrected chi connectivity index (χ1v) is 12.7. The first-order valence-electron chi connectivity index (χ1n) is 10.0. The van der Waals surface area contributed by atoms with Crippen LogP contribution in [0.2, 0.25) is 5.02 Å². The van der Waals surface area contributed by atoms with Crippen LogP contribution in [0.3, 0.4) is 0 Å². The molecule has 2 aromatic rings. The smallest absolute Gasteiger partial charge is 0.269 e. The van der Waals surface area contributed by atoms with Crippen LogP contribution in [0.1, 0.15) is 49.4 Å². The quantitative estimate of drug-likeness (QED) is 0.429. The number of likely N-dealkylation sites (tertiary alicyclic amines) is 1. The molecule has 0 saturated carbocycles. The maximum Gasteiger partial charge on any atom is 0.269 e. The number of carbonyl (C=O) groups excluding carboxylic acids is 1. The molecule has 1 aliphatic rings. The van der Waals surface area contributed by atoms with E-state index in [9.17, 15) is 13.2 Å². The van der Waals surface area contributed by atoms with Gasteiger partial charge in [0.05, 0.1) is 10.6 Å².